The largest absolute Gasteiger partial charge is 0.219 e. The maximum absolute atomic E-state index is 11.1. The standard InChI is InChI=1S/C7H4N2O2S/c8-4-6(5-9)7-2-1-3-12(7,10)11/h1,3H,2H2. The van der Waals surface area contributed by atoms with E-state index in [1.807, 2.05) is 0 Å². The van der Waals surface area contributed by atoms with Crippen molar-refractivity contribution in [2.24, 2.45) is 0 Å². The fraction of sp³-hybridized carbons (Fsp3) is 0.143. The van der Waals surface area contributed by atoms with Crippen molar-refractivity contribution in [2.75, 3.05) is 0 Å². The third-order valence-corrected chi connectivity index (χ3v) is 3.03. The normalized spacial score (nSPS) is 18.3. The zero-order valence-electron chi connectivity index (χ0n) is 5.98. The highest BCUT2D eigenvalue weighted by molar-refractivity contribution is 7.98. The lowest BCUT2D eigenvalue weighted by molar-refractivity contribution is 0.610. The van der Waals surface area contributed by atoms with E-state index in [9.17, 15) is 8.42 Å². The van der Waals surface area contributed by atoms with Gasteiger partial charge in [0.05, 0.1) is 4.91 Å². The maximum atomic E-state index is 11.1. The number of nitriles is 2. The van der Waals surface area contributed by atoms with Crippen molar-refractivity contribution in [2.45, 2.75) is 6.42 Å². The van der Waals surface area contributed by atoms with Crippen molar-refractivity contribution >= 4 is 9.84 Å². The second kappa shape index (κ2) is 2.80. The Bertz CT molecular complexity index is 427. The molecule has 0 spiro atoms. The topological polar surface area (TPSA) is 81.7 Å². The number of nitrogens with zero attached hydrogens (tertiary/aromatic N) is 2. The van der Waals surface area contributed by atoms with E-state index in [4.69, 9.17) is 10.5 Å². The molecule has 0 aromatic heterocycles. The van der Waals surface area contributed by atoms with E-state index in [-0.39, 0.29) is 16.9 Å². The molecule has 60 valence electrons. The highest BCUT2D eigenvalue weighted by atomic mass is 32.2. The van der Waals surface area contributed by atoms with Crippen LogP contribution in [0.3, 0.4) is 0 Å². The predicted molar refractivity (Wildman–Crippen MR) is 40.9 cm³/mol. The third-order valence-electron chi connectivity index (χ3n) is 1.42. The molecule has 0 aliphatic carbocycles. The van der Waals surface area contributed by atoms with Gasteiger partial charge in [-0.2, -0.15) is 10.5 Å². The summed E-state index contributed by atoms with van der Waals surface area (Å²) in [5, 5.41) is 17.8. The molecule has 0 amide bonds. The van der Waals surface area contributed by atoms with Gasteiger partial charge in [-0.1, -0.05) is 6.08 Å². The molecule has 0 fully saturated rings. The highest BCUT2D eigenvalue weighted by Crippen LogP contribution is 2.24. The minimum Gasteiger partial charge on any atom is -0.219 e. The fourth-order valence-electron chi connectivity index (χ4n) is 0.874. The summed E-state index contributed by atoms with van der Waals surface area (Å²) in [5.41, 5.74) is -0.319. The molecule has 0 aromatic carbocycles. The molecule has 5 heteroatoms. The summed E-state index contributed by atoms with van der Waals surface area (Å²) >= 11 is 0. The van der Waals surface area contributed by atoms with Gasteiger partial charge in [-0.3, -0.25) is 0 Å². The lowest BCUT2D eigenvalue weighted by Gasteiger charge is -1.93. The van der Waals surface area contributed by atoms with Crippen LogP contribution >= 0.6 is 0 Å². The van der Waals surface area contributed by atoms with E-state index >= 15 is 0 Å². The van der Waals surface area contributed by atoms with Gasteiger partial charge < -0.3 is 0 Å². The van der Waals surface area contributed by atoms with E-state index in [0.29, 0.717) is 0 Å². The summed E-state index contributed by atoms with van der Waals surface area (Å²) in [5.74, 6) is 0. The first kappa shape index (κ1) is 8.51. The van der Waals surface area contributed by atoms with Crippen LogP contribution in [0.5, 0.6) is 0 Å². The summed E-state index contributed by atoms with van der Waals surface area (Å²) in [7, 11) is -3.46. The Labute approximate surface area is 70.0 Å². The molecule has 0 radical (unpaired) electrons. The monoisotopic (exact) mass is 180 g/mol. The van der Waals surface area contributed by atoms with Gasteiger partial charge in [-0.25, -0.2) is 8.42 Å². The molecule has 1 rings (SSSR count). The Morgan fingerprint density at radius 1 is 1.42 bits per heavy atom. The average Bonchev–Trinajstić information content (AvgIpc) is 2.34. The summed E-state index contributed by atoms with van der Waals surface area (Å²) in [4.78, 5) is -0.0903. The molecule has 1 heterocycles. The smallest absolute Gasteiger partial charge is 0.198 e. The van der Waals surface area contributed by atoms with Gasteiger partial charge in [0.15, 0.2) is 9.84 Å². The number of sulfone groups is 1. The van der Waals surface area contributed by atoms with Crippen molar-refractivity contribution in [1.82, 2.24) is 0 Å². The van der Waals surface area contributed by atoms with Crippen LogP contribution in [-0.4, -0.2) is 8.42 Å². The minimum atomic E-state index is -3.46. The number of allylic oxidation sites excluding steroid dienone is 3. The number of rotatable bonds is 0. The molecule has 1 aliphatic heterocycles. The van der Waals surface area contributed by atoms with Crippen LogP contribution in [-0.2, 0) is 9.84 Å². The van der Waals surface area contributed by atoms with Gasteiger partial charge in [-0.15, -0.1) is 0 Å². The van der Waals surface area contributed by atoms with Gasteiger partial charge in [0.2, 0.25) is 0 Å². The second-order valence-electron chi connectivity index (χ2n) is 2.14. The Kier molecular flexibility index (Phi) is 1.99. The number of hydrogen-bond donors (Lipinski definition) is 0. The van der Waals surface area contributed by atoms with Gasteiger partial charge in [-0.05, 0) is 0 Å². The molecule has 1 aliphatic rings. The van der Waals surface area contributed by atoms with Crippen molar-refractivity contribution in [1.29, 1.82) is 10.5 Å². The third kappa shape index (κ3) is 1.23. The lowest BCUT2D eigenvalue weighted by Crippen LogP contribution is -1.96. The fourth-order valence-corrected chi connectivity index (χ4v) is 2.09. The Morgan fingerprint density at radius 2 is 2.00 bits per heavy atom. The van der Waals surface area contributed by atoms with E-state index in [1.54, 1.807) is 12.1 Å². The molecular formula is C7H4N2O2S. The first-order valence-electron chi connectivity index (χ1n) is 3.07. The quantitative estimate of drug-likeness (QED) is 0.511. The van der Waals surface area contributed by atoms with Crippen LogP contribution in [0.15, 0.2) is 22.0 Å². The van der Waals surface area contributed by atoms with E-state index in [2.05, 4.69) is 0 Å². The molecule has 0 atom stereocenters. The molecular weight excluding hydrogens is 176 g/mol. The first-order chi connectivity index (χ1) is 5.61. The zero-order chi connectivity index (χ0) is 9.19. The summed E-state index contributed by atoms with van der Waals surface area (Å²) in [6.45, 7) is 0. The number of hydrogen-bond acceptors (Lipinski definition) is 4. The zero-order valence-corrected chi connectivity index (χ0v) is 6.80. The van der Waals surface area contributed by atoms with Gasteiger partial charge in [0.25, 0.3) is 0 Å². The molecule has 0 saturated carbocycles. The van der Waals surface area contributed by atoms with Crippen molar-refractivity contribution in [3.8, 4) is 12.1 Å². The molecule has 4 nitrogen and oxygen atoms in total. The summed E-state index contributed by atoms with van der Waals surface area (Å²) < 4.78 is 22.1. The average molecular weight is 180 g/mol. The molecule has 0 N–H and O–H groups in total. The molecule has 0 unspecified atom stereocenters. The van der Waals surface area contributed by atoms with Crippen LogP contribution in [0, 0.1) is 22.7 Å². The van der Waals surface area contributed by atoms with Gasteiger partial charge in [0.1, 0.15) is 17.7 Å². The molecule has 0 bridgehead atoms. The summed E-state index contributed by atoms with van der Waals surface area (Å²) in [6.07, 6.45) is 1.57. The van der Waals surface area contributed by atoms with Crippen LogP contribution in [0.4, 0.5) is 0 Å². The first-order valence-corrected chi connectivity index (χ1v) is 4.61. The molecule has 0 saturated heterocycles. The highest BCUT2D eigenvalue weighted by Gasteiger charge is 2.23. The Morgan fingerprint density at radius 3 is 2.33 bits per heavy atom. The molecule has 0 aromatic rings. The Hall–Kier alpha value is -1.59. The van der Waals surface area contributed by atoms with Crippen LogP contribution in [0.1, 0.15) is 6.42 Å². The minimum absolute atomic E-state index is 0.0903. The van der Waals surface area contributed by atoms with Crippen molar-refractivity contribution in [3.63, 3.8) is 0 Å². The van der Waals surface area contributed by atoms with E-state index < -0.39 is 9.84 Å². The van der Waals surface area contributed by atoms with Crippen LogP contribution in [0.25, 0.3) is 0 Å². The van der Waals surface area contributed by atoms with E-state index in [1.165, 1.54) is 6.08 Å². The van der Waals surface area contributed by atoms with Crippen LogP contribution in [0.2, 0.25) is 0 Å². The van der Waals surface area contributed by atoms with Gasteiger partial charge in [0, 0.05) is 11.8 Å². The SMILES string of the molecule is N#CC(C#N)=C1CC=CS1(=O)=O. The van der Waals surface area contributed by atoms with Gasteiger partial charge >= 0.3 is 0 Å². The van der Waals surface area contributed by atoms with Crippen molar-refractivity contribution in [3.05, 3.63) is 22.0 Å². The second-order valence-corrected chi connectivity index (χ2v) is 4.00. The Balaban J connectivity index is 3.37. The molecule has 12 heavy (non-hydrogen) atoms. The van der Waals surface area contributed by atoms with Crippen LogP contribution < -0.4 is 0 Å². The van der Waals surface area contributed by atoms with Crippen molar-refractivity contribution < 1.29 is 8.42 Å². The van der Waals surface area contributed by atoms with E-state index in [0.717, 1.165) is 5.41 Å². The lowest BCUT2D eigenvalue weighted by atomic mass is 10.2. The predicted octanol–water partition coefficient (Wildman–Crippen LogP) is 0.620. The summed E-state index contributed by atoms with van der Waals surface area (Å²) in [6, 6.07) is 3.10. The maximum Gasteiger partial charge on any atom is 0.198 e.